The second-order valence-electron chi connectivity index (χ2n) is 2.89. The van der Waals surface area contributed by atoms with Gasteiger partial charge < -0.3 is 4.57 Å². The molecule has 14 heavy (non-hydrogen) atoms. The topological polar surface area (TPSA) is 55.2 Å². The highest BCUT2D eigenvalue weighted by atomic mass is 79.9. The van der Waals surface area contributed by atoms with E-state index in [0.29, 0.717) is 11.9 Å². The van der Waals surface area contributed by atoms with Crippen molar-refractivity contribution in [2.45, 2.75) is 5.03 Å². The van der Waals surface area contributed by atoms with Crippen LogP contribution in [0.15, 0.2) is 17.6 Å². The Hall–Kier alpha value is -0.400. The molecular weight excluding hydrogens is 270 g/mol. The molecule has 0 bridgehead atoms. The summed E-state index contributed by atoms with van der Waals surface area (Å²) in [5.41, 5.74) is 0. The number of halogens is 1. The molecule has 7 heteroatoms. The van der Waals surface area contributed by atoms with E-state index in [1.54, 1.807) is 11.6 Å². The molecule has 0 aliphatic carbocycles. The maximum absolute atomic E-state index is 11.8. The first-order chi connectivity index (χ1) is 6.48. The maximum atomic E-state index is 11.8. The van der Waals surface area contributed by atoms with Crippen molar-refractivity contribution in [2.24, 2.45) is 7.05 Å². The lowest BCUT2D eigenvalue weighted by molar-refractivity contribution is 0.486. The molecule has 1 aromatic rings. The summed E-state index contributed by atoms with van der Waals surface area (Å²) in [6.45, 7) is 0.429. The van der Waals surface area contributed by atoms with E-state index in [1.165, 1.54) is 23.9 Å². The van der Waals surface area contributed by atoms with E-state index in [4.69, 9.17) is 0 Å². The van der Waals surface area contributed by atoms with Gasteiger partial charge in [0.1, 0.15) is 0 Å². The number of hydrogen-bond donors (Lipinski definition) is 0. The lowest BCUT2D eigenvalue weighted by Gasteiger charge is -2.13. The van der Waals surface area contributed by atoms with Crippen molar-refractivity contribution in [3.05, 3.63) is 12.5 Å². The summed E-state index contributed by atoms with van der Waals surface area (Å²) in [6.07, 6.45) is 2.95. The Morgan fingerprint density at radius 2 is 2.29 bits per heavy atom. The van der Waals surface area contributed by atoms with Gasteiger partial charge in [0.05, 0.1) is 6.33 Å². The average molecular weight is 282 g/mol. The van der Waals surface area contributed by atoms with Crippen molar-refractivity contribution in [1.29, 1.82) is 0 Å². The molecule has 80 valence electrons. The molecule has 0 aliphatic heterocycles. The second kappa shape index (κ2) is 4.41. The third-order valence-corrected chi connectivity index (χ3v) is 3.85. The van der Waals surface area contributed by atoms with Crippen LogP contribution in [0.4, 0.5) is 0 Å². The van der Waals surface area contributed by atoms with Crippen molar-refractivity contribution < 1.29 is 8.42 Å². The van der Waals surface area contributed by atoms with E-state index in [0.717, 1.165) is 0 Å². The normalized spacial score (nSPS) is 12.3. The van der Waals surface area contributed by atoms with Crippen LogP contribution >= 0.6 is 15.9 Å². The number of rotatable bonds is 4. The van der Waals surface area contributed by atoms with E-state index in [1.807, 2.05) is 0 Å². The van der Waals surface area contributed by atoms with Crippen molar-refractivity contribution >= 4 is 26.0 Å². The van der Waals surface area contributed by atoms with E-state index >= 15 is 0 Å². The minimum Gasteiger partial charge on any atom is -0.339 e. The highest BCUT2D eigenvalue weighted by molar-refractivity contribution is 9.09. The Morgan fingerprint density at radius 3 is 2.71 bits per heavy atom. The molecule has 0 saturated carbocycles. The highest BCUT2D eigenvalue weighted by Gasteiger charge is 2.22. The lowest BCUT2D eigenvalue weighted by atomic mass is 10.8. The monoisotopic (exact) mass is 281 g/mol. The van der Waals surface area contributed by atoms with Crippen LogP contribution in [0.3, 0.4) is 0 Å². The van der Waals surface area contributed by atoms with Gasteiger partial charge in [0.15, 0.2) is 5.03 Å². The molecule has 0 radical (unpaired) electrons. The van der Waals surface area contributed by atoms with Crippen molar-refractivity contribution in [2.75, 3.05) is 18.9 Å². The summed E-state index contributed by atoms with van der Waals surface area (Å²) in [5, 5.41) is 0.693. The second-order valence-corrected chi connectivity index (χ2v) is 5.68. The fourth-order valence-electron chi connectivity index (χ4n) is 0.921. The number of sulfonamides is 1. The van der Waals surface area contributed by atoms with Gasteiger partial charge in [-0.05, 0) is 0 Å². The molecule has 5 nitrogen and oxygen atoms in total. The van der Waals surface area contributed by atoms with Gasteiger partial charge in [0.25, 0.3) is 10.0 Å². The fraction of sp³-hybridized carbons (Fsp3) is 0.571. The molecule has 1 heterocycles. The van der Waals surface area contributed by atoms with Gasteiger partial charge in [0, 0.05) is 32.2 Å². The summed E-state index contributed by atoms with van der Waals surface area (Å²) < 4.78 is 26.4. The lowest BCUT2D eigenvalue weighted by Crippen LogP contribution is -2.28. The highest BCUT2D eigenvalue weighted by Crippen LogP contribution is 2.10. The van der Waals surface area contributed by atoms with E-state index < -0.39 is 10.0 Å². The van der Waals surface area contributed by atoms with Crippen LogP contribution in [-0.2, 0) is 17.1 Å². The average Bonchev–Trinajstić information content (AvgIpc) is 2.52. The Labute approximate surface area is 91.9 Å². The van der Waals surface area contributed by atoms with Crippen molar-refractivity contribution in [3.8, 4) is 0 Å². The van der Waals surface area contributed by atoms with Gasteiger partial charge in [-0.15, -0.1) is 0 Å². The third kappa shape index (κ3) is 2.34. The summed E-state index contributed by atoms with van der Waals surface area (Å²) in [4.78, 5) is 3.81. The maximum Gasteiger partial charge on any atom is 0.261 e. The van der Waals surface area contributed by atoms with Crippen molar-refractivity contribution in [3.63, 3.8) is 0 Å². The molecule has 0 N–H and O–H groups in total. The number of imidazole rings is 1. The quantitative estimate of drug-likeness (QED) is 0.753. The smallest absolute Gasteiger partial charge is 0.261 e. The van der Waals surface area contributed by atoms with Crippen LogP contribution in [0.5, 0.6) is 0 Å². The molecule has 0 atom stereocenters. The Bertz CT molecular complexity index is 401. The van der Waals surface area contributed by atoms with Crippen LogP contribution in [0.25, 0.3) is 0 Å². The van der Waals surface area contributed by atoms with Gasteiger partial charge in [0.2, 0.25) is 0 Å². The van der Waals surface area contributed by atoms with Gasteiger partial charge in [-0.3, -0.25) is 0 Å². The molecule has 0 saturated heterocycles. The first kappa shape index (κ1) is 11.7. The molecule has 0 amide bonds. The summed E-state index contributed by atoms with van der Waals surface area (Å²) >= 11 is 3.19. The zero-order chi connectivity index (χ0) is 10.8. The number of nitrogens with zero attached hydrogens (tertiary/aromatic N) is 3. The Morgan fingerprint density at radius 1 is 1.64 bits per heavy atom. The van der Waals surface area contributed by atoms with E-state index in [2.05, 4.69) is 20.9 Å². The van der Waals surface area contributed by atoms with Crippen LogP contribution in [-0.4, -0.2) is 41.2 Å². The minimum absolute atomic E-state index is 0.0865. The van der Waals surface area contributed by atoms with Gasteiger partial charge in [-0.2, -0.15) is 4.31 Å². The first-order valence-corrected chi connectivity index (χ1v) is 6.55. The van der Waals surface area contributed by atoms with Crippen LogP contribution < -0.4 is 0 Å². The third-order valence-electron chi connectivity index (χ3n) is 1.76. The summed E-state index contributed by atoms with van der Waals surface area (Å²) in [6, 6.07) is 0. The molecule has 0 aromatic carbocycles. The summed E-state index contributed by atoms with van der Waals surface area (Å²) in [7, 11) is -0.143. The first-order valence-electron chi connectivity index (χ1n) is 3.98. The zero-order valence-electron chi connectivity index (χ0n) is 8.01. The van der Waals surface area contributed by atoms with E-state index in [-0.39, 0.29) is 5.03 Å². The summed E-state index contributed by atoms with van der Waals surface area (Å²) in [5.74, 6) is 0. The molecule has 0 aliphatic rings. The largest absolute Gasteiger partial charge is 0.339 e. The molecule has 0 unspecified atom stereocenters. The zero-order valence-corrected chi connectivity index (χ0v) is 10.4. The standard InChI is InChI=1S/C7H12BrN3O2S/c1-10-5-7(9-6-10)14(12,13)11(2)4-3-8/h5-6H,3-4H2,1-2H3. The van der Waals surface area contributed by atoms with Crippen LogP contribution in [0, 0.1) is 0 Å². The molecule has 1 rings (SSSR count). The van der Waals surface area contributed by atoms with Crippen molar-refractivity contribution in [1.82, 2.24) is 13.9 Å². The van der Waals surface area contributed by atoms with Crippen LogP contribution in [0.1, 0.15) is 0 Å². The molecule has 1 aromatic heterocycles. The van der Waals surface area contributed by atoms with Crippen LogP contribution in [0.2, 0.25) is 0 Å². The van der Waals surface area contributed by atoms with Gasteiger partial charge >= 0.3 is 0 Å². The molecule has 0 spiro atoms. The predicted molar refractivity (Wildman–Crippen MR) is 56.8 cm³/mol. The van der Waals surface area contributed by atoms with E-state index in [9.17, 15) is 8.42 Å². The number of aromatic nitrogens is 2. The fourth-order valence-corrected chi connectivity index (χ4v) is 2.82. The number of aryl methyl sites for hydroxylation is 1. The predicted octanol–water partition coefficient (Wildman–Crippen LogP) is 0.435. The number of alkyl halides is 1. The Kier molecular flexibility index (Phi) is 3.68. The minimum atomic E-state index is -3.41. The SMILES string of the molecule is CN(CCBr)S(=O)(=O)c1cn(C)cn1. The Balaban J connectivity index is 2.96. The van der Waals surface area contributed by atoms with Gasteiger partial charge in [-0.25, -0.2) is 13.4 Å². The molecule has 0 fully saturated rings. The molecular formula is C7H12BrN3O2S. The van der Waals surface area contributed by atoms with Gasteiger partial charge in [-0.1, -0.05) is 15.9 Å². The number of hydrogen-bond acceptors (Lipinski definition) is 3.